The van der Waals surface area contributed by atoms with Crippen molar-refractivity contribution in [2.45, 2.75) is 12.5 Å². The molecule has 0 amide bonds. The van der Waals surface area contributed by atoms with Gasteiger partial charge >= 0.3 is 5.97 Å². The third kappa shape index (κ3) is 1.51. The molecule has 17 heavy (non-hydrogen) atoms. The van der Waals surface area contributed by atoms with Crippen LogP contribution in [-0.4, -0.2) is 47.8 Å². The summed E-state index contributed by atoms with van der Waals surface area (Å²) in [6.45, 7) is 0.696. The Balaban J connectivity index is 2.04. The number of aromatic amines is 1. The van der Waals surface area contributed by atoms with Crippen LogP contribution in [0.15, 0.2) is 6.20 Å². The number of H-pyrrole nitrogens is 1. The number of imidazole rings is 1. The van der Waals surface area contributed by atoms with Gasteiger partial charge < -0.3 is 15.0 Å². The highest BCUT2D eigenvalue weighted by Crippen LogP contribution is 2.27. The van der Waals surface area contributed by atoms with Crippen LogP contribution < -0.4 is 5.32 Å². The molecule has 1 aliphatic heterocycles. The number of carbonyl (C=O) groups is 1. The Kier molecular flexibility index (Phi) is 2.03. The average Bonchev–Trinajstić information content (AvgIpc) is 2.97. The number of hydrogen-bond acceptors (Lipinski definition) is 6. The predicted molar refractivity (Wildman–Crippen MR) is 54.6 cm³/mol. The Morgan fingerprint density at radius 3 is 3.18 bits per heavy atom. The molecule has 2 aromatic rings. The van der Waals surface area contributed by atoms with Crippen LogP contribution in [-0.2, 0) is 0 Å². The number of hydrogen-bond donors (Lipinski definition) is 3. The van der Waals surface area contributed by atoms with E-state index < -0.39 is 5.97 Å². The van der Waals surface area contributed by atoms with Gasteiger partial charge in [-0.1, -0.05) is 0 Å². The van der Waals surface area contributed by atoms with E-state index in [1.165, 1.54) is 6.20 Å². The van der Waals surface area contributed by atoms with Gasteiger partial charge in [-0.05, 0) is 16.8 Å². The summed E-state index contributed by atoms with van der Waals surface area (Å²) in [5.74, 6) is 0.0697. The minimum absolute atomic E-state index is 0.00637. The number of tetrazole rings is 1. The zero-order valence-corrected chi connectivity index (χ0v) is 8.66. The molecule has 1 unspecified atom stereocenters. The molecule has 9 nitrogen and oxygen atoms in total. The van der Waals surface area contributed by atoms with E-state index in [2.05, 4.69) is 30.9 Å². The third-order valence-electron chi connectivity index (χ3n) is 2.67. The molecule has 0 aromatic carbocycles. The lowest BCUT2D eigenvalue weighted by Gasteiger charge is -2.23. The predicted octanol–water partition coefficient (Wildman–Crippen LogP) is -0.501. The Bertz CT molecular complexity index is 546. The smallest absolute Gasteiger partial charge is 0.356 e. The normalized spacial score (nSPS) is 18.5. The molecule has 1 aliphatic rings. The van der Waals surface area contributed by atoms with Gasteiger partial charge in [0.25, 0.3) is 0 Å². The fourth-order valence-corrected chi connectivity index (χ4v) is 1.90. The van der Waals surface area contributed by atoms with Gasteiger partial charge in [0.2, 0.25) is 5.95 Å². The van der Waals surface area contributed by atoms with Crippen molar-refractivity contribution in [3.05, 3.63) is 17.7 Å². The van der Waals surface area contributed by atoms with E-state index in [4.69, 9.17) is 5.11 Å². The van der Waals surface area contributed by atoms with Gasteiger partial charge in [-0.15, -0.1) is 5.10 Å². The number of anilines is 1. The molecule has 0 bridgehead atoms. The van der Waals surface area contributed by atoms with E-state index in [9.17, 15) is 4.79 Å². The maximum Gasteiger partial charge on any atom is 0.356 e. The molecule has 3 rings (SSSR count). The number of nitrogens with zero attached hydrogens (tertiary/aromatic N) is 5. The first-order valence-electron chi connectivity index (χ1n) is 5.05. The van der Waals surface area contributed by atoms with E-state index in [0.29, 0.717) is 18.3 Å². The molecule has 0 radical (unpaired) electrons. The highest BCUT2D eigenvalue weighted by Gasteiger charge is 2.26. The fourth-order valence-electron chi connectivity index (χ4n) is 1.90. The average molecular weight is 235 g/mol. The van der Waals surface area contributed by atoms with Crippen LogP contribution in [0.5, 0.6) is 0 Å². The topological polar surface area (TPSA) is 122 Å². The number of aromatic carboxylic acids is 1. The second-order valence-corrected chi connectivity index (χ2v) is 3.68. The van der Waals surface area contributed by atoms with E-state index in [1.54, 1.807) is 4.57 Å². The minimum Gasteiger partial charge on any atom is -0.476 e. The minimum atomic E-state index is -1.05. The van der Waals surface area contributed by atoms with Crippen molar-refractivity contribution in [3.63, 3.8) is 0 Å². The van der Waals surface area contributed by atoms with Crippen LogP contribution in [0.4, 0.5) is 5.95 Å². The number of aromatic nitrogens is 6. The molecule has 3 heterocycles. The Morgan fingerprint density at radius 2 is 2.47 bits per heavy atom. The van der Waals surface area contributed by atoms with Crippen LogP contribution in [0.2, 0.25) is 0 Å². The summed E-state index contributed by atoms with van der Waals surface area (Å²) in [6.07, 6.45) is 2.25. The number of carboxylic acid groups (broad SMARTS) is 1. The van der Waals surface area contributed by atoms with Gasteiger partial charge in [0.1, 0.15) is 0 Å². The fraction of sp³-hybridized carbons (Fsp3) is 0.375. The van der Waals surface area contributed by atoms with Gasteiger partial charge in [0.05, 0.1) is 6.04 Å². The van der Waals surface area contributed by atoms with Gasteiger partial charge in [0.15, 0.2) is 11.5 Å². The molecule has 3 N–H and O–H groups in total. The first kappa shape index (κ1) is 9.75. The lowest BCUT2D eigenvalue weighted by molar-refractivity contribution is 0.0691. The Hall–Kier alpha value is -2.45. The van der Waals surface area contributed by atoms with Crippen molar-refractivity contribution < 1.29 is 9.90 Å². The molecule has 9 heteroatoms. The van der Waals surface area contributed by atoms with Crippen LogP contribution in [0.1, 0.15) is 28.8 Å². The van der Waals surface area contributed by atoms with Crippen LogP contribution >= 0.6 is 0 Å². The van der Waals surface area contributed by atoms with Crippen molar-refractivity contribution in [2.75, 3.05) is 11.9 Å². The van der Waals surface area contributed by atoms with Crippen LogP contribution in [0, 0.1) is 0 Å². The SMILES string of the molecule is O=C(O)c1cn2c(n1)NCCC2c1nnn[nH]1. The maximum atomic E-state index is 10.9. The number of rotatable bonds is 2. The van der Waals surface area contributed by atoms with Gasteiger partial charge in [0, 0.05) is 12.7 Å². The van der Waals surface area contributed by atoms with Crippen molar-refractivity contribution in [1.82, 2.24) is 30.2 Å². The third-order valence-corrected chi connectivity index (χ3v) is 2.67. The summed E-state index contributed by atoms with van der Waals surface area (Å²) in [7, 11) is 0. The molecule has 2 aromatic heterocycles. The monoisotopic (exact) mass is 235 g/mol. The highest BCUT2D eigenvalue weighted by atomic mass is 16.4. The van der Waals surface area contributed by atoms with E-state index in [1.807, 2.05) is 0 Å². The zero-order valence-electron chi connectivity index (χ0n) is 8.66. The lowest BCUT2D eigenvalue weighted by Crippen LogP contribution is -2.24. The number of nitrogens with one attached hydrogen (secondary N) is 2. The van der Waals surface area contributed by atoms with E-state index >= 15 is 0 Å². The summed E-state index contributed by atoms with van der Waals surface area (Å²) in [5.41, 5.74) is 0.00637. The molecule has 0 spiro atoms. The summed E-state index contributed by atoms with van der Waals surface area (Å²) >= 11 is 0. The summed E-state index contributed by atoms with van der Waals surface area (Å²) < 4.78 is 1.73. The van der Waals surface area contributed by atoms with Gasteiger partial charge in [-0.25, -0.2) is 14.9 Å². The van der Waals surface area contributed by atoms with E-state index in [-0.39, 0.29) is 11.7 Å². The summed E-state index contributed by atoms with van der Waals surface area (Å²) in [5, 5.41) is 25.5. The van der Waals surface area contributed by atoms with Crippen molar-refractivity contribution in [1.29, 1.82) is 0 Å². The Morgan fingerprint density at radius 1 is 1.59 bits per heavy atom. The quantitative estimate of drug-likeness (QED) is 0.641. The maximum absolute atomic E-state index is 10.9. The van der Waals surface area contributed by atoms with Crippen molar-refractivity contribution in [2.24, 2.45) is 0 Å². The molecular formula is C8H9N7O2. The lowest BCUT2D eigenvalue weighted by atomic mass is 10.1. The molecule has 0 aliphatic carbocycles. The van der Waals surface area contributed by atoms with Gasteiger partial charge in [-0.3, -0.25) is 0 Å². The van der Waals surface area contributed by atoms with Crippen LogP contribution in [0.25, 0.3) is 0 Å². The Labute approximate surface area is 94.9 Å². The van der Waals surface area contributed by atoms with Crippen molar-refractivity contribution in [3.8, 4) is 0 Å². The molecule has 1 atom stereocenters. The molecule has 0 saturated carbocycles. The van der Waals surface area contributed by atoms with Crippen molar-refractivity contribution >= 4 is 11.9 Å². The highest BCUT2D eigenvalue weighted by molar-refractivity contribution is 5.85. The van der Waals surface area contributed by atoms with E-state index in [0.717, 1.165) is 6.42 Å². The molecular weight excluding hydrogens is 226 g/mol. The van der Waals surface area contributed by atoms with Gasteiger partial charge in [-0.2, -0.15) is 0 Å². The van der Waals surface area contributed by atoms with Crippen LogP contribution in [0.3, 0.4) is 0 Å². The largest absolute Gasteiger partial charge is 0.476 e. The first-order chi connectivity index (χ1) is 8.25. The summed E-state index contributed by atoms with van der Waals surface area (Å²) in [4.78, 5) is 14.8. The molecule has 88 valence electrons. The molecule has 0 saturated heterocycles. The zero-order chi connectivity index (χ0) is 11.8. The second kappa shape index (κ2) is 3.54. The summed E-state index contributed by atoms with van der Waals surface area (Å²) in [6, 6.07) is -0.109. The molecule has 0 fully saturated rings. The number of fused-ring (bicyclic) bond motifs is 1. The standard InChI is InChI=1S/C8H9N7O2/c16-7(17)4-3-15-5(6-11-13-14-12-6)1-2-9-8(15)10-4/h3,5H,1-2H2,(H,9,10)(H,16,17)(H,11,12,13,14). The second-order valence-electron chi connectivity index (χ2n) is 3.68. The first-order valence-corrected chi connectivity index (χ1v) is 5.05. The number of carboxylic acids is 1.